The number of carbonyl (C=O) groups excluding carboxylic acids is 2. The minimum atomic E-state index is -0.687. The van der Waals surface area contributed by atoms with E-state index < -0.39 is 11.8 Å². The highest BCUT2D eigenvalue weighted by atomic mass is 79.9. The summed E-state index contributed by atoms with van der Waals surface area (Å²) < 4.78 is 19.3. The van der Waals surface area contributed by atoms with Gasteiger partial charge in [0.1, 0.15) is 0 Å². The van der Waals surface area contributed by atoms with Gasteiger partial charge < -0.3 is 15.8 Å². The molecule has 0 unspecified atom stereocenters. The maximum absolute atomic E-state index is 13.6. The molecule has 0 aliphatic carbocycles. The minimum absolute atomic E-state index is 0.00330. The number of hydrogen-bond acceptors (Lipinski definition) is 3. The lowest BCUT2D eigenvalue weighted by Crippen LogP contribution is -2.19. The number of urea groups is 1. The number of ether oxygens (including phenoxy) is 1. The van der Waals surface area contributed by atoms with Crippen molar-refractivity contribution in [3.05, 3.63) is 58.3 Å². The predicted molar refractivity (Wildman–Crippen MR) is 83.6 cm³/mol. The van der Waals surface area contributed by atoms with Crippen molar-refractivity contribution < 1.29 is 18.7 Å². The first-order chi connectivity index (χ1) is 10.5. The van der Waals surface area contributed by atoms with Gasteiger partial charge in [0, 0.05) is 15.7 Å². The van der Waals surface area contributed by atoms with Crippen molar-refractivity contribution in [1.29, 1.82) is 0 Å². The van der Waals surface area contributed by atoms with Crippen LogP contribution in [-0.4, -0.2) is 18.4 Å². The molecule has 5 nitrogen and oxygen atoms in total. The molecule has 2 amide bonds. The summed E-state index contributed by atoms with van der Waals surface area (Å²) in [5.74, 6) is -0.861. The number of primary amides is 1. The topological polar surface area (TPSA) is 81.4 Å². The summed E-state index contributed by atoms with van der Waals surface area (Å²) in [6, 6.07) is 9.75. The van der Waals surface area contributed by atoms with Gasteiger partial charge in [0.15, 0.2) is 24.0 Å². The Hall–Kier alpha value is -2.41. The molecule has 0 radical (unpaired) electrons. The second kappa shape index (κ2) is 7.04. The summed E-state index contributed by atoms with van der Waals surface area (Å²) in [5.41, 5.74) is 5.84. The number of hydrogen-bond donors (Lipinski definition) is 2. The van der Waals surface area contributed by atoms with Crippen molar-refractivity contribution in [1.82, 2.24) is 0 Å². The molecule has 0 aromatic heterocycles. The molecule has 0 saturated heterocycles. The molecule has 0 bridgehead atoms. The highest BCUT2D eigenvalue weighted by Crippen LogP contribution is 2.21. The number of amides is 2. The van der Waals surface area contributed by atoms with Gasteiger partial charge in [-0.05, 0) is 42.5 Å². The lowest BCUT2D eigenvalue weighted by Gasteiger charge is -2.07. The molecule has 2 aromatic carbocycles. The van der Waals surface area contributed by atoms with E-state index in [1.165, 1.54) is 36.4 Å². The van der Waals surface area contributed by atoms with Gasteiger partial charge in [-0.15, -0.1) is 0 Å². The second-order valence-corrected chi connectivity index (χ2v) is 5.27. The van der Waals surface area contributed by atoms with E-state index >= 15 is 0 Å². The molecule has 0 atom stereocenters. The number of Topliss-reactive ketones (excluding diaryl/α,β-unsaturated/α-hetero) is 1. The Labute approximate surface area is 134 Å². The fourth-order valence-electron chi connectivity index (χ4n) is 1.70. The fraction of sp³-hybridized carbons (Fsp3) is 0.0667. The van der Waals surface area contributed by atoms with E-state index in [9.17, 15) is 14.0 Å². The zero-order valence-corrected chi connectivity index (χ0v) is 12.9. The first-order valence-corrected chi connectivity index (χ1v) is 7.02. The molecule has 22 heavy (non-hydrogen) atoms. The Kier molecular flexibility index (Phi) is 5.11. The molecular weight excluding hydrogens is 355 g/mol. The summed E-state index contributed by atoms with van der Waals surface area (Å²) in [6.07, 6.45) is 0. The van der Waals surface area contributed by atoms with E-state index in [1.807, 2.05) is 0 Å². The fourth-order valence-corrected chi connectivity index (χ4v) is 2.03. The van der Waals surface area contributed by atoms with Crippen molar-refractivity contribution in [3.8, 4) is 5.75 Å². The van der Waals surface area contributed by atoms with Crippen LogP contribution in [0.4, 0.5) is 14.9 Å². The third kappa shape index (κ3) is 4.29. The Morgan fingerprint density at radius 1 is 1.18 bits per heavy atom. The van der Waals surface area contributed by atoms with E-state index in [-0.39, 0.29) is 18.1 Å². The summed E-state index contributed by atoms with van der Waals surface area (Å²) in [4.78, 5) is 22.6. The molecule has 7 heteroatoms. The maximum atomic E-state index is 13.6. The normalized spacial score (nSPS) is 10.1. The van der Waals surface area contributed by atoms with E-state index in [4.69, 9.17) is 10.5 Å². The number of ketones is 1. The zero-order valence-electron chi connectivity index (χ0n) is 11.3. The van der Waals surface area contributed by atoms with E-state index in [2.05, 4.69) is 21.2 Å². The van der Waals surface area contributed by atoms with Gasteiger partial charge in [0.25, 0.3) is 0 Å². The van der Waals surface area contributed by atoms with E-state index in [1.54, 1.807) is 6.07 Å². The third-order valence-corrected chi connectivity index (χ3v) is 3.22. The lowest BCUT2D eigenvalue weighted by atomic mass is 10.1. The first kappa shape index (κ1) is 16.0. The highest BCUT2D eigenvalue weighted by molar-refractivity contribution is 9.10. The van der Waals surface area contributed by atoms with Crippen LogP contribution in [0.5, 0.6) is 5.75 Å². The molecule has 0 fully saturated rings. The van der Waals surface area contributed by atoms with Crippen LogP contribution in [0.3, 0.4) is 0 Å². The van der Waals surface area contributed by atoms with Crippen LogP contribution in [0, 0.1) is 5.82 Å². The van der Waals surface area contributed by atoms with Gasteiger partial charge in [0.05, 0.1) is 0 Å². The molecule has 0 aliphatic heterocycles. The summed E-state index contributed by atoms with van der Waals surface area (Å²) >= 11 is 3.14. The molecule has 3 N–H and O–H groups in total. The van der Waals surface area contributed by atoms with Crippen LogP contribution in [-0.2, 0) is 0 Å². The van der Waals surface area contributed by atoms with Crippen molar-refractivity contribution in [2.75, 3.05) is 11.9 Å². The standard InChI is InChI=1S/C15H12BrFN2O3/c16-10-3-6-14(12(17)7-10)22-8-13(20)9-1-4-11(5-2-9)19-15(18)21/h1-7H,8H2,(H3,18,19,21). The van der Waals surface area contributed by atoms with Crippen LogP contribution in [0.25, 0.3) is 0 Å². The lowest BCUT2D eigenvalue weighted by molar-refractivity contribution is 0.0919. The number of nitrogens with one attached hydrogen (secondary N) is 1. The van der Waals surface area contributed by atoms with Crippen molar-refractivity contribution >= 4 is 33.4 Å². The largest absolute Gasteiger partial charge is 0.482 e. The van der Waals surface area contributed by atoms with Crippen molar-refractivity contribution in [2.24, 2.45) is 5.73 Å². The van der Waals surface area contributed by atoms with Gasteiger partial charge in [-0.3, -0.25) is 4.79 Å². The molecule has 114 valence electrons. The minimum Gasteiger partial charge on any atom is -0.482 e. The number of nitrogens with two attached hydrogens (primary N) is 1. The molecule has 2 aromatic rings. The van der Waals surface area contributed by atoms with Crippen LogP contribution >= 0.6 is 15.9 Å². The van der Waals surface area contributed by atoms with Gasteiger partial charge in [-0.1, -0.05) is 15.9 Å². The molecule has 0 saturated carbocycles. The molecule has 0 spiro atoms. The number of halogens is 2. The number of rotatable bonds is 5. The SMILES string of the molecule is NC(=O)Nc1ccc(C(=O)COc2ccc(Br)cc2F)cc1. The van der Waals surface area contributed by atoms with Gasteiger partial charge in [-0.25, -0.2) is 9.18 Å². The molecule has 0 aliphatic rings. The average molecular weight is 367 g/mol. The summed E-state index contributed by atoms with van der Waals surface area (Å²) in [5, 5.41) is 2.38. The van der Waals surface area contributed by atoms with Gasteiger partial charge in [0.2, 0.25) is 0 Å². The molecule has 2 rings (SSSR count). The average Bonchev–Trinajstić information content (AvgIpc) is 2.46. The quantitative estimate of drug-likeness (QED) is 0.796. The number of benzene rings is 2. The van der Waals surface area contributed by atoms with Crippen molar-refractivity contribution in [3.63, 3.8) is 0 Å². The maximum Gasteiger partial charge on any atom is 0.316 e. The summed E-state index contributed by atoms with van der Waals surface area (Å²) in [7, 11) is 0. The van der Waals surface area contributed by atoms with Crippen LogP contribution in [0.1, 0.15) is 10.4 Å². The Balaban J connectivity index is 1.98. The van der Waals surface area contributed by atoms with E-state index in [0.717, 1.165) is 0 Å². The Morgan fingerprint density at radius 3 is 2.45 bits per heavy atom. The second-order valence-electron chi connectivity index (χ2n) is 4.35. The highest BCUT2D eigenvalue weighted by Gasteiger charge is 2.10. The van der Waals surface area contributed by atoms with Crippen LogP contribution < -0.4 is 15.8 Å². The smallest absolute Gasteiger partial charge is 0.316 e. The Morgan fingerprint density at radius 2 is 1.86 bits per heavy atom. The third-order valence-electron chi connectivity index (χ3n) is 2.73. The number of anilines is 1. The number of carbonyl (C=O) groups is 2. The first-order valence-electron chi connectivity index (χ1n) is 6.23. The summed E-state index contributed by atoms with van der Waals surface area (Å²) in [6.45, 7) is -0.291. The van der Waals surface area contributed by atoms with Crippen molar-refractivity contribution in [2.45, 2.75) is 0 Å². The molecule has 0 heterocycles. The van der Waals surface area contributed by atoms with E-state index in [0.29, 0.717) is 15.7 Å². The van der Waals surface area contributed by atoms with Crippen LogP contribution in [0.15, 0.2) is 46.9 Å². The monoisotopic (exact) mass is 366 g/mol. The van der Waals surface area contributed by atoms with Gasteiger partial charge in [-0.2, -0.15) is 0 Å². The Bertz CT molecular complexity index is 704. The predicted octanol–water partition coefficient (Wildman–Crippen LogP) is 3.34. The molecular formula is C15H12BrFN2O3. The zero-order chi connectivity index (χ0) is 16.1. The van der Waals surface area contributed by atoms with Gasteiger partial charge >= 0.3 is 6.03 Å². The van der Waals surface area contributed by atoms with Crippen LogP contribution in [0.2, 0.25) is 0 Å².